The van der Waals surface area contributed by atoms with Crippen LogP contribution in [0.4, 0.5) is 0 Å². The Morgan fingerprint density at radius 3 is 2.12 bits per heavy atom. The molecule has 6 rings (SSSR count). The molecule has 0 aliphatic carbocycles. The maximum absolute atomic E-state index is 13.0. The van der Waals surface area contributed by atoms with Gasteiger partial charge in [-0.2, -0.15) is 0 Å². The van der Waals surface area contributed by atoms with Crippen LogP contribution in [0, 0.1) is 6.92 Å². The third-order valence-corrected chi connectivity index (χ3v) is 8.12. The summed E-state index contributed by atoms with van der Waals surface area (Å²) in [4.78, 5) is 35.2. The number of halogens is 2. The van der Waals surface area contributed by atoms with Crippen molar-refractivity contribution in [2.24, 2.45) is 0 Å². The van der Waals surface area contributed by atoms with Gasteiger partial charge < -0.3 is 23.7 Å². The first-order valence-electron chi connectivity index (χ1n) is 14.8. The average molecular weight is 691 g/mol. The Labute approximate surface area is 285 Å². The number of rotatable bonds is 10. The molecule has 246 valence electrons. The van der Waals surface area contributed by atoms with Crippen molar-refractivity contribution >= 4 is 35.1 Å². The van der Waals surface area contributed by atoms with Gasteiger partial charge in [-0.05, 0) is 79.7 Å². The molecule has 0 spiro atoms. The van der Waals surface area contributed by atoms with E-state index in [1.54, 1.807) is 61.8 Å². The fraction of sp³-hybridized carbons (Fsp3) is 0.235. The fourth-order valence-corrected chi connectivity index (χ4v) is 5.36. The molecule has 3 atom stereocenters. The highest BCUT2D eigenvalue weighted by molar-refractivity contribution is 6.31. The largest absolute Gasteiger partial charge is 0.497 e. The Kier molecular flexibility index (Phi) is 9.85. The summed E-state index contributed by atoms with van der Waals surface area (Å²) >= 11 is 11.9. The van der Waals surface area contributed by atoms with E-state index < -0.39 is 30.4 Å². The Morgan fingerprint density at radius 2 is 1.50 bits per heavy atom. The number of hydrogen-bond acceptors (Lipinski definition) is 11. The van der Waals surface area contributed by atoms with Gasteiger partial charge in [-0.1, -0.05) is 28.4 Å². The zero-order valence-electron chi connectivity index (χ0n) is 26.0. The van der Waals surface area contributed by atoms with Crippen molar-refractivity contribution in [2.45, 2.75) is 31.8 Å². The van der Waals surface area contributed by atoms with Crippen molar-refractivity contribution in [3.8, 4) is 34.3 Å². The molecule has 3 heterocycles. The lowest BCUT2D eigenvalue weighted by Crippen LogP contribution is -2.32. The van der Waals surface area contributed by atoms with E-state index in [9.17, 15) is 9.59 Å². The first kappa shape index (κ1) is 32.9. The number of nitrogens with zero attached hydrogens (tertiary/aromatic N) is 5. The molecule has 14 heteroatoms. The van der Waals surface area contributed by atoms with E-state index in [0.717, 1.165) is 5.56 Å². The molecule has 0 saturated carbocycles. The highest BCUT2D eigenvalue weighted by atomic mass is 35.5. The number of benzene rings is 3. The van der Waals surface area contributed by atoms with Crippen LogP contribution in [-0.4, -0.2) is 69.9 Å². The Morgan fingerprint density at radius 1 is 0.854 bits per heavy atom. The van der Waals surface area contributed by atoms with Crippen LogP contribution < -0.4 is 9.47 Å². The van der Waals surface area contributed by atoms with Crippen LogP contribution in [0.25, 0.3) is 22.6 Å². The van der Waals surface area contributed by atoms with Crippen molar-refractivity contribution in [3.63, 3.8) is 0 Å². The standard InChI is InChI=1S/C34H29Cl2N5O7/c1-19-30(38-32(45-3)31(37-19)20-8-14-25(44-2)15-9-20)26-17-41(40-39-26)29-16-27(48-34(43)22-6-12-24(36)13-7-22)28(47-29)18-46-33(42)21-4-10-23(35)11-5-21/h4-15,17,27-29H,16,18H2,1-3H3/t27-,28+,29+/m0/s1. The van der Waals surface area contributed by atoms with E-state index in [2.05, 4.69) is 10.3 Å². The highest BCUT2D eigenvalue weighted by Crippen LogP contribution is 2.34. The predicted octanol–water partition coefficient (Wildman–Crippen LogP) is 6.40. The van der Waals surface area contributed by atoms with Crippen molar-refractivity contribution in [2.75, 3.05) is 20.8 Å². The van der Waals surface area contributed by atoms with Gasteiger partial charge in [-0.3, -0.25) is 0 Å². The van der Waals surface area contributed by atoms with E-state index in [1.807, 2.05) is 31.2 Å². The second-order valence-electron chi connectivity index (χ2n) is 10.7. The number of ether oxygens (including phenoxy) is 5. The van der Waals surface area contributed by atoms with Crippen LogP contribution >= 0.6 is 23.2 Å². The maximum atomic E-state index is 13.0. The zero-order valence-corrected chi connectivity index (χ0v) is 27.5. The minimum Gasteiger partial charge on any atom is -0.497 e. The molecule has 1 fully saturated rings. The Bertz CT molecular complexity index is 1920. The summed E-state index contributed by atoms with van der Waals surface area (Å²) in [6, 6.07) is 20.0. The molecule has 0 radical (unpaired) electrons. The van der Waals surface area contributed by atoms with Gasteiger partial charge in [0, 0.05) is 22.0 Å². The second-order valence-corrected chi connectivity index (χ2v) is 11.6. The summed E-state index contributed by atoms with van der Waals surface area (Å²) in [7, 11) is 3.12. The number of methoxy groups -OCH3 is 2. The van der Waals surface area contributed by atoms with Crippen LogP contribution in [0.15, 0.2) is 79.0 Å². The predicted molar refractivity (Wildman–Crippen MR) is 175 cm³/mol. The SMILES string of the molecule is COc1ccc(-c2nc(C)c(-c3cn([C@H]4C[C@H](OC(=O)c5ccc(Cl)cc5)[C@@H](COC(=O)c5ccc(Cl)cc5)O4)nn3)nc2OC)cc1. The van der Waals surface area contributed by atoms with Crippen molar-refractivity contribution in [1.82, 2.24) is 25.0 Å². The van der Waals surface area contributed by atoms with Gasteiger partial charge in [-0.25, -0.2) is 24.2 Å². The number of aromatic nitrogens is 5. The topological polar surface area (TPSA) is 137 Å². The third-order valence-electron chi connectivity index (χ3n) is 7.62. The maximum Gasteiger partial charge on any atom is 0.338 e. The monoisotopic (exact) mass is 689 g/mol. The van der Waals surface area contributed by atoms with E-state index >= 15 is 0 Å². The smallest absolute Gasteiger partial charge is 0.338 e. The quantitative estimate of drug-likeness (QED) is 0.151. The second kappa shape index (κ2) is 14.4. The number of esters is 2. The molecule has 48 heavy (non-hydrogen) atoms. The molecule has 1 aliphatic heterocycles. The lowest BCUT2D eigenvalue weighted by atomic mass is 10.1. The fourth-order valence-electron chi connectivity index (χ4n) is 5.11. The van der Waals surface area contributed by atoms with Crippen LogP contribution in [0.3, 0.4) is 0 Å². The summed E-state index contributed by atoms with van der Waals surface area (Å²) in [6.45, 7) is 1.63. The van der Waals surface area contributed by atoms with Crippen molar-refractivity contribution in [1.29, 1.82) is 0 Å². The van der Waals surface area contributed by atoms with Gasteiger partial charge in [0.05, 0.1) is 37.2 Å². The highest BCUT2D eigenvalue weighted by Gasteiger charge is 2.41. The van der Waals surface area contributed by atoms with E-state index in [-0.39, 0.29) is 13.0 Å². The Balaban J connectivity index is 1.22. The molecular weight excluding hydrogens is 661 g/mol. The number of aryl methyl sites for hydroxylation is 1. The van der Waals surface area contributed by atoms with Gasteiger partial charge in [0.1, 0.15) is 41.6 Å². The third kappa shape index (κ3) is 7.25. The van der Waals surface area contributed by atoms with Crippen LogP contribution in [-0.2, 0) is 14.2 Å². The van der Waals surface area contributed by atoms with E-state index in [4.69, 9.17) is 56.9 Å². The van der Waals surface area contributed by atoms with Crippen LogP contribution in [0.2, 0.25) is 10.0 Å². The molecule has 0 bridgehead atoms. The average Bonchev–Trinajstić information content (AvgIpc) is 3.75. The number of carbonyl (C=O) groups is 2. The summed E-state index contributed by atoms with van der Waals surface area (Å²) in [5.41, 5.74) is 3.48. The van der Waals surface area contributed by atoms with Crippen molar-refractivity contribution < 1.29 is 33.3 Å². The van der Waals surface area contributed by atoms with Gasteiger partial charge in [0.2, 0.25) is 5.88 Å². The van der Waals surface area contributed by atoms with E-state index in [0.29, 0.717) is 55.6 Å². The first-order chi connectivity index (χ1) is 23.2. The van der Waals surface area contributed by atoms with Crippen LogP contribution in [0.1, 0.15) is 39.1 Å². The summed E-state index contributed by atoms with van der Waals surface area (Å²) in [5, 5.41) is 9.58. The summed E-state index contributed by atoms with van der Waals surface area (Å²) in [6.07, 6.45) is -0.429. The lowest BCUT2D eigenvalue weighted by Gasteiger charge is -2.19. The molecular formula is C34H29Cl2N5O7. The molecule has 1 saturated heterocycles. The molecule has 2 aromatic heterocycles. The molecule has 0 amide bonds. The van der Waals surface area contributed by atoms with Crippen LogP contribution in [0.5, 0.6) is 11.6 Å². The van der Waals surface area contributed by atoms with Gasteiger partial charge in [-0.15, -0.1) is 5.10 Å². The summed E-state index contributed by atoms with van der Waals surface area (Å²) in [5.74, 6) is -0.132. The molecule has 1 aliphatic rings. The number of hydrogen-bond donors (Lipinski definition) is 0. The molecule has 0 N–H and O–H groups in total. The van der Waals surface area contributed by atoms with E-state index in [1.165, 1.54) is 11.8 Å². The van der Waals surface area contributed by atoms with Gasteiger partial charge >= 0.3 is 11.9 Å². The summed E-state index contributed by atoms with van der Waals surface area (Å²) < 4.78 is 30.0. The Hall–Kier alpha value is -5.04. The van der Waals surface area contributed by atoms with Gasteiger partial charge in [0.15, 0.2) is 6.23 Å². The molecule has 12 nitrogen and oxygen atoms in total. The molecule has 5 aromatic rings. The zero-order chi connectivity index (χ0) is 33.8. The minimum absolute atomic E-state index is 0.188. The molecule has 0 unspecified atom stereocenters. The number of carbonyl (C=O) groups excluding carboxylic acids is 2. The van der Waals surface area contributed by atoms with Crippen molar-refractivity contribution in [3.05, 3.63) is 106 Å². The first-order valence-corrected chi connectivity index (χ1v) is 15.5. The van der Waals surface area contributed by atoms with Gasteiger partial charge in [0.25, 0.3) is 0 Å². The lowest BCUT2D eigenvalue weighted by molar-refractivity contribution is -0.0604. The molecule has 3 aromatic carbocycles. The normalized spacial score (nSPS) is 17.1. The minimum atomic E-state index is -0.805.